The lowest BCUT2D eigenvalue weighted by molar-refractivity contribution is -0.141. The minimum Gasteiger partial charge on any atom is -0.507 e. The number of phenolic OH excluding ortho intramolecular Hbond substituents is 1. The van der Waals surface area contributed by atoms with Crippen LogP contribution in [0.4, 0.5) is 0 Å². The fourth-order valence-corrected chi connectivity index (χ4v) is 5.33. The summed E-state index contributed by atoms with van der Waals surface area (Å²) in [5.41, 5.74) is 0.755. The number of aliphatic imine (C=N–C) groups is 1. The summed E-state index contributed by atoms with van der Waals surface area (Å²) in [7, 11) is 1.85. The zero-order valence-electron chi connectivity index (χ0n) is 11.5. The maximum absolute atomic E-state index is 11.2. The Bertz CT molecular complexity index is 593. The Kier molecular flexibility index (Phi) is 4.14. The number of carbonyl (C=O) groups is 1. The molecule has 3 atom stereocenters. The molecule has 0 radical (unpaired) electrons. The molecule has 0 spiro atoms. The molecule has 21 heavy (non-hydrogen) atoms. The smallest absolute Gasteiger partial charge is 0.321 e. The molecular formula is C14H16N2O3S2. The first-order valence-corrected chi connectivity index (χ1v) is 8.66. The first kappa shape index (κ1) is 14.7. The summed E-state index contributed by atoms with van der Waals surface area (Å²) in [5, 5.41) is 20.0. The van der Waals surface area contributed by atoms with E-state index in [9.17, 15) is 15.0 Å². The molecule has 1 aromatic rings. The van der Waals surface area contributed by atoms with Gasteiger partial charge in [-0.1, -0.05) is 12.1 Å². The van der Waals surface area contributed by atoms with E-state index in [0.717, 1.165) is 16.4 Å². The Balaban J connectivity index is 1.78. The van der Waals surface area contributed by atoms with E-state index in [1.54, 1.807) is 35.7 Å². The number of hydrogen-bond donors (Lipinski definition) is 2. The Morgan fingerprint density at radius 3 is 2.81 bits per heavy atom. The van der Waals surface area contributed by atoms with Crippen LogP contribution in [0.1, 0.15) is 5.56 Å². The van der Waals surface area contributed by atoms with E-state index in [4.69, 9.17) is 4.99 Å². The molecule has 1 saturated heterocycles. The highest BCUT2D eigenvalue weighted by molar-refractivity contribution is 8.14. The number of carboxylic acid groups (broad SMARTS) is 1. The zero-order chi connectivity index (χ0) is 15.0. The van der Waals surface area contributed by atoms with Crippen molar-refractivity contribution < 1.29 is 15.0 Å². The summed E-state index contributed by atoms with van der Waals surface area (Å²) in [5.74, 6) is 0.875. The van der Waals surface area contributed by atoms with E-state index in [0.29, 0.717) is 5.75 Å². The molecule has 0 saturated carbocycles. The molecule has 0 aromatic heterocycles. The molecule has 0 amide bonds. The molecule has 0 bridgehead atoms. The lowest BCUT2D eigenvalue weighted by Crippen LogP contribution is -2.42. The third-order valence-corrected chi connectivity index (χ3v) is 6.34. The van der Waals surface area contributed by atoms with Crippen molar-refractivity contribution in [3.8, 4) is 5.75 Å². The number of thioether (sulfide) groups is 2. The topological polar surface area (TPSA) is 73.1 Å². The molecule has 0 unspecified atom stereocenters. The summed E-state index contributed by atoms with van der Waals surface area (Å²) in [4.78, 5) is 17.8. The van der Waals surface area contributed by atoms with Crippen molar-refractivity contribution in [3.63, 3.8) is 0 Å². The van der Waals surface area contributed by atoms with Crippen molar-refractivity contribution in [3.05, 3.63) is 29.8 Å². The second-order valence-corrected chi connectivity index (χ2v) is 7.23. The molecular weight excluding hydrogens is 308 g/mol. The van der Waals surface area contributed by atoms with Crippen molar-refractivity contribution in [1.29, 1.82) is 0 Å². The van der Waals surface area contributed by atoms with Gasteiger partial charge in [-0.25, -0.2) is 0 Å². The lowest BCUT2D eigenvalue weighted by Gasteiger charge is -2.24. The average molecular weight is 324 g/mol. The van der Waals surface area contributed by atoms with Crippen LogP contribution in [0, 0.1) is 0 Å². The van der Waals surface area contributed by atoms with Crippen molar-refractivity contribution in [1.82, 2.24) is 4.90 Å². The van der Waals surface area contributed by atoms with Gasteiger partial charge in [0.25, 0.3) is 0 Å². The van der Waals surface area contributed by atoms with Gasteiger partial charge >= 0.3 is 5.97 Å². The molecule has 2 aliphatic rings. The van der Waals surface area contributed by atoms with Crippen molar-refractivity contribution in [2.75, 3.05) is 18.6 Å². The van der Waals surface area contributed by atoms with Gasteiger partial charge < -0.3 is 10.2 Å². The van der Waals surface area contributed by atoms with Crippen LogP contribution in [-0.2, 0) is 4.79 Å². The quantitative estimate of drug-likeness (QED) is 0.882. The Morgan fingerprint density at radius 1 is 1.38 bits per heavy atom. The van der Waals surface area contributed by atoms with Crippen molar-refractivity contribution in [2.24, 2.45) is 4.99 Å². The highest BCUT2D eigenvalue weighted by Gasteiger charge is 2.41. The average Bonchev–Trinajstić information content (AvgIpc) is 3.05. The monoisotopic (exact) mass is 324 g/mol. The number of rotatable bonds is 3. The van der Waals surface area contributed by atoms with Gasteiger partial charge in [0.1, 0.15) is 16.8 Å². The fraction of sp³-hybridized carbons (Fsp3) is 0.429. The van der Waals surface area contributed by atoms with Crippen LogP contribution in [0.25, 0.3) is 0 Å². The van der Waals surface area contributed by atoms with Gasteiger partial charge in [0.15, 0.2) is 0 Å². The predicted octanol–water partition coefficient (Wildman–Crippen LogP) is 1.71. The minimum atomic E-state index is -0.775. The van der Waals surface area contributed by atoms with Gasteiger partial charge in [-0.3, -0.25) is 14.7 Å². The molecule has 0 aliphatic carbocycles. The minimum absolute atomic E-state index is 0.0592. The molecule has 5 nitrogen and oxygen atoms in total. The first-order valence-electron chi connectivity index (χ1n) is 6.63. The molecule has 2 N–H and O–H groups in total. The summed E-state index contributed by atoms with van der Waals surface area (Å²) >= 11 is 3.27. The summed E-state index contributed by atoms with van der Waals surface area (Å²) in [6.07, 6.45) is 0. The summed E-state index contributed by atoms with van der Waals surface area (Å²) in [6, 6.07) is 6.80. The molecule has 2 heterocycles. The van der Waals surface area contributed by atoms with Gasteiger partial charge in [0, 0.05) is 17.1 Å². The van der Waals surface area contributed by atoms with E-state index in [2.05, 4.69) is 0 Å². The standard InChI is InChI=1S/C14H16N2O3S2/c1-16-10(14(18)19)7-21-13(16)9-6-20-12(15-9)8-4-2-3-5-11(8)17/h2-5,9-10,13,17H,6-7H2,1H3,(H,18,19)/t9-,10+,13+/m0/s1. The predicted molar refractivity (Wildman–Crippen MR) is 86.3 cm³/mol. The maximum atomic E-state index is 11.2. The van der Waals surface area contributed by atoms with Gasteiger partial charge in [-0.2, -0.15) is 0 Å². The second-order valence-electron chi connectivity index (χ2n) is 5.07. The van der Waals surface area contributed by atoms with Gasteiger partial charge in [-0.15, -0.1) is 23.5 Å². The highest BCUT2D eigenvalue weighted by Crippen LogP contribution is 2.37. The lowest BCUT2D eigenvalue weighted by atomic mass is 10.2. The Labute approximate surface area is 131 Å². The largest absolute Gasteiger partial charge is 0.507 e. The van der Waals surface area contributed by atoms with E-state index < -0.39 is 12.0 Å². The number of aromatic hydroxyl groups is 1. The van der Waals surface area contributed by atoms with Crippen LogP contribution in [0.15, 0.2) is 29.3 Å². The SMILES string of the molecule is CN1[C@@H](C(=O)O)CS[C@@H]1[C@@H]1CSC(c2ccccc2O)=N1. The molecule has 1 aromatic carbocycles. The van der Waals surface area contributed by atoms with E-state index >= 15 is 0 Å². The van der Waals surface area contributed by atoms with Crippen LogP contribution >= 0.6 is 23.5 Å². The third kappa shape index (κ3) is 2.77. The molecule has 1 fully saturated rings. The third-order valence-electron chi connectivity index (χ3n) is 3.74. The van der Waals surface area contributed by atoms with Crippen LogP contribution in [-0.4, -0.2) is 62.1 Å². The van der Waals surface area contributed by atoms with Gasteiger partial charge in [-0.05, 0) is 19.2 Å². The van der Waals surface area contributed by atoms with Crippen LogP contribution in [0.3, 0.4) is 0 Å². The van der Waals surface area contributed by atoms with Crippen molar-refractivity contribution in [2.45, 2.75) is 17.5 Å². The van der Waals surface area contributed by atoms with Crippen LogP contribution in [0.5, 0.6) is 5.75 Å². The first-order chi connectivity index (χ1) is 10.1. The number of carboxylic acids is 1. The number of para-hydroxylation sites is 1. The highest BCUT2D eigenvalue weighted by atomic mass is 32.2. The number of phenols is 1. The Morgan fingerprint density at radius 2 is 2.14 bits per heavy atom. The van der Waals surface area contributed by atoms with E-state index in [-0.39, 0.29) is 17.2 Å². The normalized spacial score (nSPS) is 29.6. The molecule has 3 rings (SSSR count). The van der Waals surface area contributed by atoms with Gasteiger partial charge in [0.2, 0.25) is 0 Å². The van der Waals surface area contributed by atoms with Gasteiger partial charge in [0.05, 0.1) is 11.4 Å². The van der Waals surface area contributed by atoms with Crippen LogP contribution in [0.2, 0.25) is 0 Å². The molecule has 2 aliphatic heterocycles. The number of likely N-dealkylation sites (N-methyl/N-ethyl adjacent to an activating group) is 1. The van der Waals surface area contributed by atoms with Crippen LogP contribution < -0.4 is 0 Å². The number of aliphatic carboxylic acids is 1. The maximum Gasteiger partial charge on any atom is 0.321 e. The van der Waals surface area contributed by atoms with E-state index in [1.165, 1.54) is 0 Å². The number of benzene rings is 1. The van der Waals surface area contributed by atoms with Crippen molar-refractivity contribution >= 4 is 34.5 Å². The Hall–Kier alpha value is -1.18. The second kappa shape index (κ2) is 5.90. The molecule has 112 valence electrons. The van der Waals surface area contributed by atoms with E-state index in [1.807, 2.05) is 24.1 Å². The summed E-state index contributed by atoms with van der Waals surface area (Å²) < 4.78 is 0. The number of nitrogens with zero attached hydrogens (tertiary/aromatic N) is 2. The molecule has 7 heteroatoms. The summed E-state index contributed by atoms with van der Waals surface area (Å²) in [6.45, 7) is 0. The zero-order valence-corrected chi connectivity index (χ0v) is 13.1. The number of hydrogen-bond acceptors (Lipinski definition) is 6. The fourth-order valence-electron chi connectivity index (χ4n) is 2.57.